The molecule has 3 nitrogen and oxygen atoms in total. The fourth-order valence-electron chi connectivity index (χ4n) is 2.18. The van der Waals surface area contributed by atoms with E-state index < -0.39 is 0 Å². The first kappa shape index (κ1) is 15.6. The van der Waals surface area contributed by atoms with Crippen molar-refractivity contribution in [3.05, 3.63) is 95.6 Å². The van der Waals surface area contributed by atoms with Gasteiger partial charge in [0.05, 0.1) is 5.69 Å². The van der Waals surface area contributed by atoms with E-state index in [-0.39, 0.29) is 11.7 Å². The van der Waals surface area contributed by atoms with Crippen molar-refractivity contribution in [1.82, 2.24) is 4.98 Å². The molecule has 4 heteroatoms. The number of benzene rings is 2. The summed E-state index contributed by atoms with van der Waals surface area (Å²) >= 11 is 0. The average molecular weight is 318 g/mol. The van der Waals surface area contributed by atoms with Crippen molar-refractivity contribution in [2.24, 2.45) is 0 Å². The molecule has 1 amide bonds. The zero-order valence-corrected chi connectivity index (χ0v) is 12.8. The van der Waals surface area contributed by atoms with Gasteiger partial charge in [-0.1, -0.05) is 24.3 Å². The number of halogens is 1. The second-order valence-corrected chi connectivity index (χ2v) is 5.17. The number of anilines is 1. The summed E-state index contributed by atoms with van der Waals surface area (Å²) in [5, 5.41) is 2.81. The first-order chi connectivity index (χ1) is 11.7. The van der Waals surface area contributed by atoms with Crippen LogP contribution in [0.3, 0.4) is 0 Å². The molecule has 3 rings (SSSR count). The number of hydrogen-bond donors (Lipinski definition) is 1. The van der Waals surface area contributed by atoms with Crippen LogP contribution >= 0.6 is 0 Å². The highest BCUT2D eigenvalue weighted by Gasteiger charge is 2.06. The van der Waals surface area contributed by atoms with Gasteiger partial charge in [0.25, 0.3) is 5.91 Å². The molecule has 0 spiro atoms. The zero-order valence-electron chi connectivity index (χ0n) is 12.8. The van der Waals surface area contributed by atoms with E-state index in [1.807, 2.05) is 48.6 Å². The van der Waals surface area contributed by atoms with Gasteiger partial charge < -0.3 is 5.32 Å². The fraction of sp³-hybridized carbons (Fsp3) is 0. The third-order valence-corrected chi connectivity index (χ3v) is 3.39. The number of rotatable bonds is 4. The van der Waals surface area contributed by atoms with Crippen LogP contribution in [0, 0.1) is 5.82 Å². The molecule has 0 saturated heterocycles. The minimum Gasteiger partial charge on any atom is -0.322 e. The van der Waals surface area contributed by atoms with Gasteiger partial charge in [-0.3, -0.25) is 9.78 Å². The Morgan fingerprint density at radius 2 is 1.79 bits per heavy atom. The molecule has 0 aliphatic rings. The third-order valence-electron chi connectivity index (χ3n) is 3.39. The van der Waals surface area contributed by atoms with E-state index in [0.717, 1.165) is 11.3 Å². The van der Waals surface area contributed by atoms with E-state index >= 15 is 0 Å². The molecule has 0 aliphatic carbocycles. The molecule has 0 saturated carbocycles. The number of nitrogens with zero attached hydrogens (tertiary/aromatic N) is 1. The summed E-state index contributed by atoms with van der Waals surface area (Å²) in [6, 6.07) is 18.6. The molecule has 3 aromatic rings. The number of carbonyl (C=O) groups excluding carboxylic acids is 1. The Bertz CT molecular complexity index is 858. The Labute approximate surface area is 139 Å². The lowest BCUT2D eigenvalue weighted by Gasteiger charge is -2.06. The monoisotopic (exact) mass is 318 g/mol. The highest BCUT2D eigenvalue weighted by Crippen LogP contribution is 2.15. The van der Waals surface area contributed by atoms with Crippen LogP contribution in [0.5, 0.6) is 0 Å². The molecule has 1 heterocycles. The fourth-order valence-corrected chi connectivity index (χ4v) is 2.18. The molecule has 0 fully saturated rings. The third kappa shape index (κ3) is 4.14. The van der Waals surface area contributed by atoms with Crippen molar-refractivity contribution in [3.8, 4) is 0 Å². The number of carbonyl (C=O) groups is 1. The standard InChI is InChI=1S/C20H15FN2O/c21-17-10-8-16(9-11-17)20(24)23-19-6-3-4-15(14-19)7-12-18-5-1-2-13-22-18/h1-14H,(H,23,24). The number of nitrogens with one attached hydrogen (secondary N) is 1. The molecule has 0 unspecified atom stereocenters. The van der Waals surface area contributed by atoms with Crippen LogP contribution in [0.15, 0.2) is 72.9 Å². The zero-order chi connectivity index (χ0) is 16.8. The molecule has 1 N–H and O–H groups in total. The van der Waals surface area contributed by atoms with Crippen molar-refractivity contribution < 1.29 is 9.18 Å². The van der Waals surface area contributed by atoms with Gasteiger partial charge >= 0.3 is 0 Å². The second kappa shape index (κ2) is 7.33. The number of aromatic nitrogens is 1. The van der Waals surface area contributed by atoms with Crippen molar-refractivity contribution >= 4 is 23.7 Å². The SMILES string of the molecule is O=C(Nc1cccc(C=Cc2ccccn2)c1)c1ccc(F)cc1. The van der Waals surface area contributed by atoms with Crippen molar-refractivity contribution in [2.75, 3.05) is 5.32 Å². The highest BCUT2D eigenvalue weighted by molar-refractivity contribution is 6.04. The maximum absolute atomic E-state index is 12.9. The van der Waals surface area contributed by atoms with Gasteiger partial charge in [-0.2, -0.15) is 0 Å². The topological polar surface area (TPSA) is 42.0 Å². The summed E-state index contributed by atoms with van der Waals surface area (Å²) < 4.78 is 12.9. The van der Waals surface area contributed by atoms with E-state index in [1.165, 1.54) is 24.3 Å². The molecule has 118 valence electrons. The Kier molecular flexibility index (Phi) is 4.77. The smallest absolute Gasteiger partial charge is 0.255 e. The van der Waals surface area contributed by atoms with Crippen LogP contribution < -0.4 is 5.32 Å². The Hall–Kier alpha value is -3.27. The molecular weight excluding hydrogens is 303 g/mol. The van der Waals surface area contributed by atoms with Crippen LogP contribution in [-0.4, -0.2) is 10.9 Å². The second-order valence-electron chi connectivity index (χ2n) is 5.17. The van der Waals surface area contributed by atoms with Crippen LogP contribution in [-0.2, 0) is 0 Å². The van der Waals surface area contributed by atoms with E-state index in [9.17, 15) is 9.18 Å². The molecular formula is C20H15FN2O. The largest absolute Gasteiger partial charge is 0.322 e. The Balaban J connectivity index is 1.72. The predicted octanol–water partition coefficient (Wildman–Crippen LogP) is 4.64. The van der Waals surface area contributed by atoms with Gasteiger partial charge in [-0.15, -0.1) is 0 Å². The van der Waals surface area contributed by atoms with Crippen molar-refractivity contribution in [3.63, 3.8) is 0 Å². The summed E-state index contributed by atoms with van der Waals surface area (Å²) in [6.07, 6.45) is 5.57. The van der Waals surface area contributed by atoms with Gasteiger partial charge in [-0.05, 0) is 60.2 Å². The maximum Gasteiger partial charge on any atom is 0.255 e. The molecule has 0 bridgehead atoms. The van der Waals surface area contributed by atoms with Crippen LogP contribution in [0.2, 0.25) is 0 Å². The highest BCUT2D eigenvalue weighted by atomic mass is 19.1. The minimum absolute atomic E-state index is 0.277. The van der Waals surface area contributed by atoms with Crippen LogP contribution in [0.25, 0.3) is 12.2 Å². The van der Waals surface area contributed by atoms with Crippen molar-refractivity contribution in [1.29, 1.82) is 0 Å². The van der Waals surface area contributed by atoms with E-state index in [1.54, 1.807) is 12.3 Å². The predicted molar refractivity (Wildman–Crippen MR) is 94.0 cm³/mol. The van der Waals surface area contributed by atoms with E-state index in [0.29, 0.717) is 11.3 Å². The quantitative estimate of drug-likeness (QED) is 0.761. The lowest BCUT2D eigenvalue weighted by atomic mass is 10.1. The summed E-state index contributed by atoms with van der Waals surface area (Å²) in [5.41, 5.74) is 2.88. The summed E-state index contributed by atoms with van der Waals surface area (Å²) in [7, 11) is 0. The Morgan fingerprint density at radius 1 is 0.958 bits per heavy atom. The summed E-state index contributed by atoms with van der Waals surface area (Å²) in [4.78, 5) is 16.4. The molecule has 2 aromatic carbocycles. The van der Waals surface area contributed by atoms with Crippen molar-refractivity contribution in [2.45, 2.75) is 0 Å². The average Bonchev–Trinajstić information content (AvgIpc) is 2.62. The number of pyridine rings is 1. The van der Waals surface area contributed by atoms with Gasteiger partial charge in [0.2, 0.25) is 0 Å². The van der Waals surface area contributed by atoms with Gasteiger partial charge in [0.1, 0.15) is 5.82 Å². The number of hydrogen-bond acceptors (Lipinski definition) is 2. The molecule has 24 heavy (non-hydrogen) atoms. The molecule has 0 aliphatic heterocycles. The normalized spacial score (nSPS) is 10.7. The summed E-state index contributed by atoms with van der Waals surface area (Å²) in [6.45, 7) is 0. The van der Waals surface area contributed by atoms with E-state index in [2.05, 4.69) is 10.3 Å². The van der Waals surface area contributed by atoms with Crippen LogP contribution in [0.1, 0.15) is 21.6 Å². The Morgan fingerprint density at radius 3 is 2.54 bits per heavy atom. The lowest BCUT2D eigenvalue weighted by molar-refractivity contribution is 0.102. The van der Waals surface area contributed by atoms with Crippen LogP contribution in [0.4, 0.5) is 10.1 Å². The lowest BCUT2D eigenvalue weighted by Crippen LogP contribution is -2.11. The molecule has 0 atom stereocenters. The minimum atomic E-state index is -0.367. The first-order valence-corrected chi connectivity index (χ1v) is 7.47. The van der Waals surface area contributed by atoms with Gasteiger partial charge in [0.15, 0.2) is 0 Å². The summed E-state index contributed by atoms with van der Waals surface area (Å²) in [5.74, 6) is -0.644. The van der Waals surface area contributed by atoms with Gasteiger partial charge in [0, 0.05) is 17.4 Å². The van der Waals surface area contributed by atoms with E-state index in [4.69, 9.17) is 0 Å². The van der Waals surface area contributed by atoms with Gasteiger partial charge in [-0.25, -0.2) is 4.39 Å². The molecule has 1 aromatic heterocycles. The maximum atomic E-state index is 12.9. The number of amides is 1. The molecule has 0 radical (unpaired) electrons. The first-order valence-electron chi connectivity index (χ1n) is 7.47.